The molecule has 0 fully saturated rings. The van der Waals surface area contributed by atoms with E-state index in [1.165, 1.54) is 57.3 Å². The predicted octanol–water partition coefficient (Wildman–Crippen LogP) is 5.99. The molecule has 0 bridgehead atoms. The molecule has 0 saturated carbocycles. The number of nitrogens with one attached hydrogen (secondary N) is 1. The molecule has 25 heavy (non-hydrogen) atoms. The van der Waals surface area contributed by atoms with E-state index in [4.69, 9.17) is 4.74 Å². The van der Waals surface area contributed by atoms with Crippen molar-refractivity contribution >= 4 is 31.9 Å². The summed E-state index contributed by atoms with van der Waals surface area (Å²) in [6.07, 6.45) is 6.38. The van der Waals surface area contributed by atoms with Gasteiger partial charge in [0.1, 0.15) is 5.75 Å². The highest BCUT2D eigenvalue weighted by atomic mass is 79.9. The third-order valence-electron chi connectivity index (χ3n) is 4.16. The molecule has 1 rings (SSSR count). The largest absolute Gasteiger partial charge is 0.492 e. The standard InChI is InChI=1S/C20H34Br2N2O/c1-4-7-11-24(12-8-5-2)13-9-10-23-16-17-14-18(21)20(25-6-3)19(22)15-17/h14-15,23H,4-13,16H2,1-3H3. The molecule has 0 aliphatic heterocycles. The van der Waals surface area contributed by atoms with Crippen LogP contribution < -0.4 is 10.1 Å². The van der Waals surface area contributed by atoms with Gasteiger partial charge in [0.05, 0.1) is 15.6 Å². The fraction of sp³-hybridized carbons (Fsp3) is 0.700. The summed E-state index contributed by atoms with van der Waals surface area (Å²) in [5.41, 5.74) is 1.26. The zero-order valence-electron chi connectivity index (χ0n) is 16.0. The minimum absolute atomic E-state index is 0.668. The fourth-order valence-electron chi connectivity index (χ4n) is 2.76. The van der Waals surface area contributed by atoms with Crippen LogP contribution in [0.5, 0.6) is 5.75 Å². The summed E-state index contributed by atoms with van der Waals surface area (Å²) in [6.45, 7) is 12.8. The van der Waals surface area contributed by atoms with Gasteiger partial charge in [0.15, 0.2) is 0 Å². The Bertz CT molecular complexity index is 452. The third-order valence-corrected chi connectivity index (χ3v) is 5.34. The van der Waals surface area contributed by atoms with Crippen LogP contribution in [0.3, 0.4) is 0 Å². The zero-order chi connectivity index (χ0) is 18.5. The van der Waals surface area contributed by atoms with Crippen LogP contribution in [0.2, 0.25) is 0 Å². The van der Waals surface area contributed by atoms with Gasteiger partial charge in [-0.15, -0.1) is 0 Å². The topological polar surface area (TPSA) is 24.5 Å². The molecule has 3 nitrogen and oxygen atoms in total. The number of rotatable bonds is 14. The van der Waals surface area contributed by atoms with Crippen molar-refractivity contribution in [3.05, 3.63) is 26.6 Å². The van der Waals surface area contributed by atoms with Crippen molar-refractivity contribution in [2.24, 2.45) is 0 Å². The number of unbranched alkanes of at least 4 members (excludes halogenated alkanes) is 2. The lowest BCUT2D eigenvalue weighted by atomic mass is 10.2. The van der Waals surface area contributed by atoms with Crippen LogP contribution >= 0.6 is 31.9 Å². The number of benzene rings is 1. The lowest BCUT2D eigenvalue weighted by molar-refractivity contribution is 0.261. The molecule has 0 atom stereocenters. The van der Waals surface area contributed by atoms with Gasteiger partial charge in [0, 0.05) is 6.54 Å². The summed E-state index contributed by atoms with van der Waals surface area (Å²) in [7, 11) is 0. The molecule has 0 heterocycles. The van der Waals surface area contributed by atoms with E-state index in [0.717, 1.165) is 27.8 Å². The summed E-state index contributed by atoms with van der Waals surface area (Å²) in [5.74, 6) is 0.883. The second-order valence-corrected chi connectivity index (χ2v) is 8.11. The fourth-order valence-corrected chi connectivity index (χ4v) is 4.27. The number of nitrogens with zero attached hydrogens (tertiary/aromatic N) is 1. The van der Waals surface area contributed by atoms with Crippen molar-refractivity contribution in [2.75, 3.05) is 32.8 Å². The molecule has 0 radical (unpaired) electrons. The SMILES string of the molecule is CCCCN(CCCC)CCCNCc1cc(Br)c(OCC)c(Br)c1. The Morgan fingerprint density at radius 1 is 0.920 bits per heavy atom. The molecule has 0 aliphatic rings. The summed E-state index contributed by atoms with van der Waals surface area (Å²) in [5, 5.41) is 3.57. The van der Waals surface area contributed by atoms with Gasteiger partial charge in [0.25, 0.3) is 0 Å². The highest BCUT2D eigenvalue weighted by Gasteiger charge is 2.08. The van der Waals surface area contributed by atoms with Crippen LogP contribution in [0.1, 0.15) is 58.4 Å². The zero-order valence-corrected chi connectivity index (χ0v) is 19.2. The molecule has 0 aliphatic carbocycles. The van der Waals surface area contributed by atoms with Crippen molar-refractivity contribution in [3.63, 3.8) is 0 Å². The highest BCUT2D eigenvalue weighted by Crippen LogP contribution is 2.34. The maximum Gasteiger partial charge on any atom is 0.147 e. The quantitative estimate of drug-likeness (QED) is 0.333. The maximum atomic E-state index is 5.64. The molecule has 1 aromatic carbocycles. The van der Waals surface area contributed by atoms with E-state index in [2.05, 4.69) is 68.1 Å². The second kappa shape index (κ2) is 14.0. The van der Waals surface area contributed by atoms with Crippen LogP contribution in [0.4, 0.5) is 0 Å². The molecule has 1 aromatic rings. The van der Waals surface area contributed by atoms with E-state index in [-0.39, 0.29) is 0 Å². The summed E-state index contributed by atoms with van der Waals surface area (Å²) < 4.78 is 7.65. The molecular formula is C20H34Br2N2O. The Hall–Kier alpha value is -0.100. The monoisotopic (exact) mass is 476 g/mol. The summed E-state index contributed by atoms with van der Waals surface area (Å²) in [6, 6.07) is 4.27. The smallest absolute Gasteiger partial charge is 0.147 e. The minimum Gasteiger partial charge on any atom is -0.492 e. The third kappa shape index (κ3) is 9.41. The van der Waals surface area contributed by atoms with Gasteiger partial charge in [-0.1, -0.05) is 26.7 Å². The van der Waals surface area contributed by atoms with Crippen molar-refractivity contribution in [1.29, 1.82) is 0 Å². The first-order chi connectivity index (χ1) is 12.1. The second-order valence-electron chi connectivity index (χ2n) is 6.40. The highest BCUT2D eigenvalue weighted by molar-refractivity contribution is 9.11. The molecular weight excluding hydrogens is 444 g/mol. The first-order valence-electron chi connectivity index (χ1n) is 9.66. The van der Waals surface area contributed by atoms with Gasteiger partial charge in [-0.2, -0.15) is 0 Å². The molecule has 0 spiro atoms. The lowest BCUT2D eigenvalue weighted by Gasteiger charge is -2.22. The summed E-state index contributed by atoms with van der Waals surface area (Å²) in [4.78, 5) is 2.62. The van der Waals surface area contributed by atoms with E-state index in [1.807, 2.05) is 6.92 Å². The molecule has 0 saturated heterocycles. The number of ether oxygens (including phenoxy) is 1. The van der Waals surface area contributed by atoms with Crippen molar-refractivity contribution in [2.45, 2.75) is 59.4 Å². The van der Waals surface area contributed by atoms with Gasteiger partial charge in [0.2, 0.25) is 0 Å². The van der Waals surface area contributed by atoms with Gasteiger partial charge >= 0.3 is 0 Å². The first-order valence-corrected chi connectivity index (χ1v) is 11.2. The van der Waals surface area contributed by atoms with Crippen LogP contribution in [0.25, 0.3) is 0 Å². The van der Waals surface area contributed by atoms with Gasteiger partial charge in [-0.05, 0) is 102 Å². The maximum absolute atomic E-state index is 5.64. The van der Waals surface area contributed by atoms with Crippen molar-refractivity contribution in [3.8, 4) is 5.75 Å². The predicted molar refractivity (Wildman–Crippen MR) is 116 cm³/mol. The van der Waals surface area contributed by atoms with E-state index in [0.29, 0.717) is 6.61 Å². The Kier molecular flexibility index (Phi) is 12.9. The molecule has 0 amide bonds. The van der Waals surface area contributed by atoms with E-state index >= 15 is 0 Å². The summed E-state index contributed by atoms with van der Waals surface area (Å²) >= 11 is 7.20. The average molecular weight is 478 g/mol. The molecule has 0 aromatic heterocycles. The Morgan fingerprint density at radius 3 is 2.00 bits per heavy atom. The van der Waals surface area contributed by atoms with Crippen molar-refractivity contribution < 1.29 is 4.74 Å². The Labute approximate surface area is 171 Å². The van der Waals surface area contributed by atoms with Crippen LogP contribution in [0.15, 0.2) is 21.1 Å². The van der Waals surface area contributed by atoms with Crippen LogP contribution in [-0.4, -0.2) is 37.7 Å². The van der Waals surface area contributed by atoms with Crippen LogP contribution in [-0.2, 0) is 6.54 Å². The van der Waals surface area contributed by atoms with Gasteiger partial charge in [-0.3, -0.25) is 0 Å². The van der Waals surface area contributed by atoms with Gasteiger partial charge < -0.3 is 15.0 Å². The lowest BCUT2D eigenvalue weighted by Crippen LogP contribution is -2.29. The first kappa shape index (κ1) is 22.9. The Balaban J connectivity index is 2.34. The molecule has 0 unspecified atom stereocenters. The normalized spacial score (nSPS) is 11.3. The molecule has 5 heteroatoms. The number of halogens is 2. The minimum atomic E-state index is 0.668. The van der Waals surface area contributed by atoms with E-state index in [9.17, 15) is 0 Å². The van der Waals surface area contributed by atoms with E-state index < -0.39 is 0 Å². The van der Waals surface area contributed by atoms with Gasteiger partial charge in [-0.25, -0.2) is 0 Å². The molecule has 144 valence electrons. The van der Waals surface area contributed by atoms with Crippen molar-refractivity contribution in [1.82, 2.24) is 10.2 Å². The van der Waals surface area contributed by atoms with Crippen LogP contribution in [0, 0.1) is 0 Å². The Morgan fingerprint density at radius 2 is 1.48 bits per heavy atom. The number of hydrogen-bond acceptors (Lipinski definition) is 3. The average Bonchev–Trinajstić information content (AvgIpc) is 2.59. The van der Waals surface area contributed by atoms with E-state index in [1.54, 1.807) is 0 Å². The number of hydrogen-bond donors (Lipinski definition) is 1. The molecule has 1 N–H and O–H groups in total.